The van der Waals surface area contributed by atoms with Gasteiger partial charge in [-0.2, -0.15) is 13.2 Å². The Morgan fingerprint density at radius 1 is 1.10 bits per heavy atom. The number of carbonyl (C=O) groups is 1. The van der Waals surface area contributed by atoms with E-state index in [2.05, 4.69) is 10.3 Å². The highest BCUT2D eigenvalue weighted by Gasteiger charge is 2.33. The first-order valence-corrected chi connectivity index (χ1v) is 9.65. The molecule has 0 unspecified atom stereocenters. The molecule has 1 amide bonds. The van der Waals surface area contributed by atoms with Gasteiger partial charge >= 0.3 is 6.18 Å². The van der Waals surface area contributed by atoms with Crippen molar-refractivity contribution in [3.8, 4) is 0 Å². The Labute approximate surface area is 169 Å². The van der Waals surface area contributed by atoms with Crippen molar-refractivity contribution >= 4 is 23.4 Å². The lowest BCUT2D eigenvalue weighted by Gasteiger charge is -2.13. The van der Waals surface area contributed by atoms with Crippen molar-refractivity contribution in [3.05, 3.63) is 77.6 Å². The third-order valence-electron chi connectivity index (χ3n) is 3.99. The van der Waals surface area contributed by atoms with E-state index in [-0.39, 0.29) is 18.0 Å². The molecule has 29 heavy (non-hydrogen) atoms. The number of aromatic nitrogens is 2. The minimum absolute atomic E-state index is 0.122. The van der Waals surface area contributed by atoms with Gasteiger partial charge in [-0.15, -0.1) is 0 Å². The number of benzene rings is 2. The second kappa shape index (κ2) is 9.15. The Bertz CT molecular complexity index is 975. The maximum absolute atomic E-state index is 13.1. The van der Waals surface area contributed by atoms with Crippen molar-refractivity contribution in [2.24, 2.45) is 0 Å². The van der Waals surface area contributed by atoms with E-state index in [4.69, 9.17) is 0 Å². The van der Waals surface area contributed by atoms with Gasteiger partial charge < -0.3 is 15.0 Å². The smallest absolute Gasteiger partial charge is 0.390 e. The van der Waals surface area contributed by atoms with Crippen molar-refractivity contribution in [3.63, 3.8) is 0 Å². The molecule has 0 saturated carbocycles. The van der Waals surface area contributed by atoms with Crippen LogP contribution in [0.25, 0.3) is 0 Å². The van der Waals surface area contributed by atoms with Crippen LogP contribution in [0.1, 0.15) is 16.8 Å². The van der Waals surface area contributed by atoms with Crippen LogP contribution < -0.4 is 5.32 Å². The van der Waals surface area contributed by atoms with E-state index >= 15 is 0 Å². The van der Waals surface area contributed by atoms with Crippen molar-refractivity contribution in [1.82, 2.24) is 9.55 Å². The van der Waals surface area contributed by atoms with Gasteiger partial charge in [0.05, 0.1) is 29.3 Å². The molecule has 0 atom stereocenters. The predicted octanol–water partition coefficient (Wildman–Crippen LogP) is 4.17. The molecule has 0 aliphatic heterocycles. The molecule has 0 fully saturated rings. The SMILES string of the molecule is O=C(CSc1nc(CO)cn1Cc1ccccc1)Nc1ccccc1C(F)(F)F. The summed E-state index contributed by atoms with van der Waals surface area (Å²) in [5.74, 6) is -0.699. The Morgan fingerprint density at radius 3 is 2.48 bits per heavy atom. The summed E-state index contributed by atoms with van der Waals surface area (Å²) in [6.07, 6.45) is -2.87. The van der Waals surface area contributed by atoms with E-state index in [0.717, 1.165) is 23.4 Å². The summed E-state index contributed by atoms with van der Waals surface area (Å²) in [4.78, 5) is 16.5. The molecule has 1 heterocycles. The fourth-order valence-electron chi connectivity index (χ4n) is 2.69. The zero-order valence-corrected chi connectivity index (χ0v) is 16.0. The Morgan fingerprint density at radius 2 is 1.79 bits per heavy atom. The highest BCUT2D eigenvalue weighted by molar-refractivity contribution is 7.99. The summed E-state index contributed by atoms with van der Waals surface area (Å²) in [7, 11) is 0. The number of carbonyl (C=O) groups excluding carboxylic acids is 1. The number of alkyl halides is 3. The van der Waals surface area contributed by atoms with Gasteiger partial charge in [-0.1, -0.05) is 54.2 Å². The highest BCUT2D eigenvalue weighted by Crippen LogP contribution is 2.34. The third-order valence-corrected chi connectivity index (χ3v) is 4.98. The van der Waals surface area contributed by atoms with Crippen molar-refractivity contribution < 1.29 is 23.1 Å². The first-order chi connectivity index (χ1) is 13.9. The number of aliphatic hydroxyl groups is 1. The zero-order valence-electron chi connectivity index (χ0n) is 15.2. The summed E-state index contributed by atoms with van der Waals surface area (Å²) in [6, 6.07) is 14.4. The highest BCUT2D eigenvalue weighted by atomic mass is 32.2. The lowest BCUT2D eigenvalue weighted by Crippen LogP contribution is -2.18. The number of amides is 1. The summed E-state index contributed by atoms with van der Waals surface area (Å²) >= 11 is 1.09. The molecule has 152 valence electrons. The van der Waals surface area contributed by atoms with E-state index in [1.54, 1.807) is 10.8 Å². The van der Waals surface area contributed by atoms with Gasteiger partial charge in [-0.3, -0.25) is 4.79 Å². The second-order valence-electron chi connectivity index (χ2n) is 6.17. The maximum atomic E-state index is 13.1. The molecule has 2 N–H and O–H groups in total. The first-order valence-electron chi connectivity index (χ1n) is 8.66. The normalized spacial score (nSPS) is 11.4. The number of aliphatic hydroxyl groups excluding tert-OH is 1. The average Bonchev–Trinajstić information content (AvgIpc) is 3.08. The van der Waals surface area contributed by atoms with Crippen LogP contribution in [0.4, 0.5) is 18.9 Å². The van der Waals surface area contributed by atoms with E-state index in [9.17, 15) is 23.1 Å². The Kier molecular flexibility index (Phi) is 6.60. The minimum atomic E-state index is -4.56. The van der Waals surface area contributed by atoms with Crippen LogP contribution >= 0.6 is 11.8 Å². The van der Waals surface area contributed by atoms with Crippen LogP contribution in [0.3, 0.4) is 0 Å². The number of hydrogen-bond acceptors (Lipinski definition) is 4. The Hall–Kier alpha value is -2.78. The summed E-state index contributed by atoms with van der Waals surface area (Å²) in [6.45, 7) is 0.245. The third kappa shape index (κ3) is 5.61. The molecule has 5 nitrogen and oxygen atoms in total. The molecule has 0 bridgehead atoms. The van der Waals surface area contributed by atoms with Crippen LogP contribution in [-0.2, 0) is 24.1 Å². The molecule has 3 aromatic rings. The quantitative estimate of drug-likeness (QED) is 0.562. The van der Waals surface area contributed by atoms with E-state index in [0.29, 0.717) is 17.4 Å². The van der Waals surface area contributed by atoms with Crippen LogP contribution in [0, 0.1) is 0 Å². The lowest BCUT2D eigenvalue weighted by atomic mass is 10.1. The van der Waals surface area contributed by atoms with Gasteiger partial charge in [-0.05, 0) is 17.7 Å². The average molecular weight is 421 g/mol. The number of nitrogens with one attached hydrogen (secondary N) is 1. The van der Waals surface area contributed by atoms with Gasteiger partial charge in [0.1, 0.15) is 0 Å². The fraction of sp³-hybridized carbons (Fsp3) is 0.200. The largest absolute Gasteiger partial charge is 0.418 e. The zero-order chi connectivity index (χ0) is 20.9. The number of rotatable bonds is 7. The number of nitrogens with zero attached hydrogens (tertiary/aromatic N) is 2. The van der Waals surface area contributed by atoms with Crippen molar-refractivity contribution in [1.29, 1.82) is 0 Å². The van der Waals surface area contributed by atoms with E-state index in [1.807, 2.05) is 30.3 Å². The van der Waals surface area contributed by atoms with Crippen molar-refractivity contribution in [2.75, 3.05) is 11.1 Å². The monoisotopic (exact) mass is 421 g/mol. The molecule has 3 rings (SSSR count). The number of hydrogen-bond donors (Lipinski definition) is 2. The number of para-hydroxylation sites is 1. The molecular weight excluding hydrogens is 403 g/mol. The summed E-state index contributed by atoms with van der Waals surface area (Å²) in [5, 5.41) is 12.2. The fourth-order valence-corrected chi connectivity index (χ4v) is 3.49. The molecule has 0 aliphatic carbocycles. The van der Waals surface area contributed by atoms with Crippen LogP contribution in [0.5, 0.6) is 0 Å². The minimum Gasteiger partial charge on any atom is -0.390 e. The van der Waals surface area contributed by atoms with Gasteiger partial charge in [0.2, 0.25) is 5.91 Å². The standard InChI is InChI=1S/C20H18F3N3O2S/c21-20(22,23)16-8-4-5-9-17(16)25-18(28)13-29-19-24-15(12-27)11-26(19)10-14-6-2-1-3-7-14/h1-9,11,27H,10,12-13H2,(H,25,28). The van der Waals surface area contributed by atoms with Crippen molar-refractivity contribution in [2.45, 2.75) is 24.5 Å². The Balaban J connectivity index is 1.69. The number of halogens is 3. The van der Waals surface area contributed by atoms with Crippen LogP contribution in [0.15, 0.2) is 66.0 Å². The van der Waals surface area contributed by atoms with Gasteiger partial charge in [0.15, 0.2) is 5.16 Å². The van der Waals surface area contributed by atoms with Gasteiger partial charge in [0.25, 0.3) is 0 Å². The molecule has 0 radical (unpaired) electrons. The number of imidazole rings is 1. The van der Waals surface area contributed by atoms with Crippen LogP contribution in [0.2, 0.25) is 0 Å². The molecule has 2 aromatic carbocycles. The summed E-state index contributed by atoms with van der Waals surface area (Å²) in [5.41, 5.74) is 0.284. The van der Waals surface area contributed by atoms with E-state index in [1.165, 1.54) is 18.2 Å². The lowest BCUT2D eigenvalue weighted by molar-refractivity contribution is -0.137. The second-order valence-corrected chi connectivity index (χ2v) is 7.11. The molecule has 0 spiro atoms. The molecule has 1 aromatic heterocycles. The molecule has 9 heteroatoms. The predicted molar refractivity (Wildman–Crippen MR) is 104 cm³/mol. The van der Waals surface area contributed by atoms with Crippen LogP contribution in [-0.4, -0.2) is 26.3 Å². The summed E-state index contributed by atoms with van der Waals surface area (Å²) < 4.78 is 41.0. The number of thioether (sulfide) groups is 1. The van der Waals surface area contributed by atoms with Gasteiger partial charge in [0, 0.05) is 12.7 Å². The van der Waals surface area contributed by atoms with Gasteiger partial charge in [-0.25, -0.2) is 4.98 Å². The first kappa shape index (κ1) is 20.9. The van der Waals surface area contributed by atoms with E-state index < -0.39 is 17.6 Å². The number of anilines is 1. The molecule has 0 saturated heterocycles. The topological polar surface area (TPSA) is 67.1 Å². The maximum Gasteiger partial charge on any atom is 0.418 e. The molecular formula is C20H18F3N3O2S. The molecule has 0 aliphatic rings.